The molecule has 560 valence electrons. The monoisotopic (exact) mass is 1540 g/mol. The third-order valence-corrected chi connectivity index (χ3v) is 28.6. The highest BCUT2D eigenvalue weighted by atomic mass is 32.2. The highest BCUT2D eigenvalue weighted by Gasteiger charge is 2.19. The maximum Gasteiger partial charge on any atom is 0.369 e. The average molecular weight is 1540 g/mol. The molecule has 0 rings (SSSR count). The van der Waals surface area contributed by atoms with E-state index >= 15 is 0 Å². The summed E-state index contributed by atoms with van der Waals surface area (Å²) in [5.74, 6) is 8.72. The molecule has 9 nitrogen and oxygen atoms in total. The number of hydrogen-bond acceptors (Lipinski definition) is 18. The van der Waals surface area contributed by atoms with Gasteiger partial charge in [0.25, 0.3) is 0 Å². The van der Waals surface area contributed by atoms with Crippen molar-refractivity contribution in [2.45, 2.75) is 407 Å². The van der Waals surface area contributed by atoms with E-state index in [-0.39, 0.29) is 0 Å². The molecule has 0 aliphatic rings. The SMILES string of the molecule is CCCCCCCCCCCCSOP(OSCCCCCCCCCCCC)OSCCCCCCSOP(OSCCCCCCCCCCCC)OSCCCCCCSOP(OSCCCCCCCCCCCC)OSCCCCCCCCCCCC. The van der Waals surface area contributed by atoms with Gasteiger partial charge in [-0.05, 0) is 57.8 Å². The Hall–Kier alpha value is 4.08. The van der Waals surface area contributed by atoms with Crippen LogP contribution in [-0.2, 0) is 35.7 Å². The largest absolute Gasteiger partial charge is 0.369 e. The quantitative estimate of drug-likeness (QED) is 0.0329. The second-order valence-corrected chi connectivity index (χ2v) is 38.0. The highest BCUT2D eigenvalue weighted by Crippen LogP contribution is 2.53. The lowest BCUT2D eigenvalue weighted by Gasteiger charge is -2.14. The summed E-state index contributed by atoms with van der Waals surface area (Å²) in [6.45, 7) is 11.5. The van der Waals surface area contributed by atoms with Gasteiger partial charge in [-0.2, -0.15) is 0 Å². The predicted octanol–water partition coefficient (Wildman–Crippen LogP) is 33.4. The van der Waals surface area contributed by atoms with E-state index in [1.54, 1.807) is 48.2 Å². The lowest BCUT2D eigenvalue weighted by molar-refractivity contribution is 0.465. The minimum atomic E-state index is -1.43. The molecule has 0 atom stereocenters. The van der Waals surface area contributed by atoms with Gasteiger partial charge in [0.15, 0.2) is 0 Å². The van der Waals surface area contributed by atoms with Gasteiger partial charge >= 0.3 is 25.8 Å². The van der Waals surface area contributed by atoms with Gasteiger partial charge in [-0.1, -0.05) is 349 Å². The van der Waals surface area contributed by atoms with Crippen LogP contribution in [0.2, 0.25) is 0 Å². The van der Waals surface area contributed by atoms with Crippen molar-refractivity contribution in [2.24, 2.45) is 0 Å². The Labute approximate surface area is 623 Å². The first kappa shape index (κ1) is 97.1. The third kappa shape index (κ3) is 84.9. The van der Waals surface area contributed by atoms with E-state index in [9.17, 15) is 0 Å². The van der Waals surface area contributed by atoms with Gasteiger partial charge in [0.1, 0.15) is 0 Å². The van der Waals surface area contributed by atoms with Crippen molar-refractivity contribution in [2.75, 3.05) is 51.8 Å². The molecular weight excluding hydrogens is 1390 g/mol. The molecular formula is C72H149O9P3S9. The molecule has 0 aromatic heterocycles. The highest BCUT2D eigenvalue weighted by molar-refractivity contribution is 8.04. The molecule has 0 aromatic carbocycles. The summed E-state index contributed by atoms with van der Waals surface area (Å²) in [7, 11) is -4.19. The lowest BCUT2D eigenvalue weighted by Crippen LogP contribution is -1.90. The van der Waals surface area contributed by atoms with Gasteiger partial charge in [-0.15, -0.1) is 0 Å². The van der Waals surface area contributed by atoms with Crippen molar-refractivity contribution in [3.63, 3.8) is 0 Å². The molecule has 93 heavy (non-hydrogen) atoms. The Bertz CT molecular complexity index is 1200. The molecule has 0 amide bonds. The zero-order chi connectivity index (χ0) is 66.8. The van der Waals surface area contributed by atoms with Gasteiger partial charge in [0.05, 0.1) is 0 Å². The van der Waals surface area contributed by atoms with E-state index in [4.69, 9.17) is 35.7 Å². The van der Waals surface area contributed by atoms with E-state index in [1.807, 2.05) is 0 Å². The van der Waals surface area contributed by atoms with E-state index in [0.29, 0.717) is 0 Å². The summed E-state index contributed by atoms with van der Waals surface area (Å²) in [6.07, 6.45) is 76.4. The maximum atomic E-state index is 6.21. The van der Waals surface area contributed by atoms with Crippen LogP contribution in [0.5, 0.6) is 0 Å². The Balaban J connectivity index is 4.76. The van der Waals surface area contributed by atoms with E-state index in [1.165, 1.54) is 381 Å². The van der Waals surface area contributed by atoms with E-state index in [2.05, 4.69) is 34.6 Å². The molecule has 0 heterocycles. The second-order valence-electron chi connectivity index (χ2n) is 25.5. The van der Waals surface area contributed by atoms with Crippen LogP contribution in [-0.4, -0.2) is 51.8 Å². The first-order chi connectivity index (χ1) is 46.2. The van der Waals surface area contributed by atoms with Crippen LogP contribution in [0.1, 0.15) is 407 Å². The number of hydrogen-bond donors (Lipinski definition) is 0. The predicted molar refractivity (Wildman–Crippen MR) is 439 cm³/mol. The van der Waals surface area contributed by atoms with Crippen LogP contribution in [0, 0.1) is 0 Å². The van der Waals surface area contributed by atoms with Gasteiger partial charge in [0.2, 0.25) is 0 Å². The fraction of sp³-hybridized carbons (Fsp3) is 1.00. The zero-order valence-electron chi connectivity index (χ0n) is 61.1. The fourth-order valence-electron chi connectivity index (χ4n) is 10.4. The Morgan fingerprint density at radius 1 is 0.129 bits per heavy atom. The van der Waals surface area contributed by atoms with Crippen LogP contribution >= 0.6 is 134 Å². The Morgan fingerprint density at radius 2 is 0.215 bits per heavy atom. The molecule has 21 heteroatoms. The molecule has 0 saturated heterocycles. The maximum absolute atomic E-state index is 6.21. The van der Waals surface area contributed by atoms with Crippen molar-refractivity contribution in [1.82, 2.24) is 0 Å². The van der Waals surface area contributed by atoms with E-state index in [0.717, 1.165) is 103 Å². The summed E-state index contributed by atoms with van der Waals surface area (Å²) in [6, 6.07) is 0. The van der Waals surface area contributed by atoms with Crippen molar-refractivity contribution >= 4 is 134 Å². The zero-order valence-corrected chi connectivity index (χ0v) is 71.1. The Morgan fingerprint density at radius 3 is 0.312 bits per heavy atom. The van der Waals surface area contributed by atoms with Crippen LogP contribution in [0.3, 0.4) is 0 Å². The minimum absolute atomic E-state index is 0.931. The number of rotatable bonds is 87. The smallest absolute Gasteiger partial charge is 0.239 e. The molecule has 0 N–H and O–H groups in total. The topological polar surface area (TPSA) is 83.1 Å². The normalized spacial score (nSPS) is 12.0. The first-order valence-corrected chi connectivity index (χ1v) is 50.8. The molecule has 0 aromatic rings. The van der Waals surface area contributed by atoms with Crippen LogP contribution < -0.4 is 0 Å². The van der Waals surface area contributed by atoms with Crippen molar-refractivity contribution in [3.05, 3.63) is 0 Å². The minimum Gasteiger partial charge on any atom is -0.239 e. The second kappa shape index (κ2) is 90.3. The number of unbranched alkanes of at least 4 members (excludes halogenated alkanes) is 51. The van der Waals surface area contributed by atoms with Crippen molar-refractivity contribution < 1.29 is 35.7 Å². The lowest BCUT2D eigenvalue weighted by atomic mass is 10.1. The van der Waals surface area contributed by atoms with Crippen LogP contribution in [0.4, 0.5) is 0 Å². The summed E-state index contributed by atoms with van der Waals surface area (Å²) in [5.41, 5.74) is 0. The van der Waals surface area contributed by atoms with Gasteiger partial charge in [-0.25, -0.2) is 35.7 Å². The molecule has 0 spiro atoms. The summed E-state index contributed by atoms with van der Waals surface area (Å²) >= 11 is 13.8. The van der Waals surface area contributed by atoms with Crippen molar-refractivity contribution in [1.29, 1.82) is 0 Å². The van der Waals surface area contributed by atoms with Crippen LogP contribution in [0.25, 0.3) is 0 Å². The summed E-state index contributed by atoms with van der Waals surface area (Å²) in [5, 5.41) is 0. The van der Waals surface area contributed by atoms with Gasteiger partial charge in [0, 0.05) is 160 Å². The molecule has 0 aliphatic carbocycles. The molecule has 0 bridgehead atoms. The van der Waals surface area contributed by atoms with Crippen molar-refractivity contribution in [3.8, 4) is 0 Å². The summed E-state index contributed by atoms with van der Waals surface area (Å²) in [4.78, 5) is 0. The van der Waals surface area contributed by atoms with Crippen LogP contribution in [0.15, 0.2) is 0 Å². The molecule has 0 aliphatic heterocycles. The fourth-order valence-corrected chi connectivity index (χ4v) is 22.0. The van der Waals surface area contributed by atoms with E-state index < -0.39 is 25.8 Å². The Kier molecular flexibility index (Phi) is 94.3. The standard InChI is InChI=1S/C72H149O9P3S9/c1-6-11-16-21-26-31-36-41-46-55-64-85-73-82(74-86-65-56-47-42-37-32-27-22-17-12-7-2)78-90-69-60-51-53-62-71-92-80-84(77-89-68-59-50-45-40-35-30-25-20-15-10-5)81-93-72-63-54-52-61-70-91-79-83(75-87-66-57-48-43-38-33-28-23-18-13-8-3)76-88-67-58-49-44-39-34-29-24-19-14-9-4/h6-72H2,1-5H3. The molecule has 0 unspecified atom stereocenters. The van der Waals surface area contributed by atoms with Gasteiger partial charge < -0.3 is 0 Å². The molecule has 0 fully saturated rings. The third-order valence-electron chi connectivity index (χ3n) is 16.3. The molecule has 0 radical (unpaired) electrons. The average Bonchev–Trinajstić information content (AvgIpc) is 3.61. The first-order valence-electron chi connectivity index (χ1n) is 39.3. The van der Waals surface area contributed by atoms with Gasteiger partial charge in [-0.3, -0.25) is 0 Å². The molecule has 0 saturated carbocycles. The summed E-state index contributed by atoms with van der Waals surface area (Å²) < 4.78 is 55.5.